The number of hydrogen-bond acceptors (Lipinski definition) is 5. The lowest BCUT2D eigenvalue weighted by atomic mass is 9.86. The summed E-state index contributed by atoms with van der Waals surface area (Å²) in [5.74, 6) is -1.63. The number of carbonyl (C=O) groups is 2. The predicted octanol–water partition coefficient (Wildman–Crippen LogP) is 1.34. The van der Waals surface area contributed by atoms with E-state index in [1.807, 2.05) is 4.72 Å². The Morgan fingerprint density at radius 2 is 2.00 bits per heavy atom. The number of amides is 1. The number of hydrogen-bond donors (Lipinski definition) is 2. The van der Waals surface area contributed by atoms with Crippen LogP contribution in [0.5, 0.6) is 0 Å². The van der Waals surface area contributed by atoms with Crippen LogP contribution in [0.4, 0.5) is 4.39 Å². The van der Waals surface area contributed by atoms with Gasteiger partial charge in [0.1, 0.15) is 12.4 Å². The minimum atomic E-state index is -4.04. The van der Waals surface area contributed by atoms with Crippen molar-refractivity contribution in [2.45, 2.75) is 43.5 Å². The zero-order chi connectivity index (χ0) is 19.2. The highest BCUT2D eigenvalue weighted by Gasteiger charge is 2.23. The van der Waals surface area contributed by atoms with E-state index in [-0.39, 0.29) is 10.9 Å². The molecule has 7 nitrogen and oxygen atoms in total. The summed E-state index contributed by atoms with van der Waals surface area (Å²) in [5.41, 5.74) is 0. The first-order valence-electron chi connectivity index (χ1n) is 8.48. The van der Waals surface area contributed by atoms with Crippen LogP contribution >= 0.6 is 0 Å². The van der Waals surface area contributed by atoms with Crippen molar-refractivity contribution in [2.75, 3.05) is 13.2 Å². The van der Waals surface area contributed by atoms with E-state index in [2.05, 4.69) is 12.2 Å². The molecule has 1 amide bonds. The standard InChI is InChI=1S/C17H23FN2O5S/c1-12-5-2-3-8-15(12)20-16(21)11-25-17(22)10-19-26(23,24)14-7-4-6-13(18)9-14/h4,6-7,9,12,15,19H,2-3,5,8,10-11H2,1H3,(H,20,21)/t12-,15-/m0/s1. The van der Waals surface area contributed by atoms with Gasteiger partial charge in [-0.2, -0.15) is 4.72 Å². The van der Waals surface area contributed by atoms with Crippen molar-refractivity contribution >= 4 is 21.9 Å². The van der Waals surface area contributed by atoms with Crippen LogP contribution < -0.4 is 10.0 Å². The molecule has 1 aliphatic carbocycles. The topological polar surface area (TPSA) is 102 Å². The van der Waals surface area contributed by atoms with E-state index in [4.69, 9.17) is 4.74 Å². The van der Waals surface area contributed by atoms with Gasteiger partial charge in [-0.15, -0.1) is 0 Å². The van der Waals surface area contributed by atoms with Gasteiger partial charge in [-0.25, -0.2) is 12.8 Å². The first kappa shape index (κ1) is 20.3. The van der Waals surface area contributed by atoms with Gasteiger partial charge in [0.2, 0.25) is 10.0 Å². The molecule has 0 spiro atoms. The van der Waals surface area contributed by atoms with Crippen LogP contribution in [0.2, 0.25) is 0 Å². The lowest BCUT2D eigenvalue weighted by Gasteiger charge is -2.29. The second kappa shape index (κ2) is 9.09. The van der Waals surface area contributed by atoms with Crippen molar-refractivity contribution in [3.8, 4) is 0 Å². The van der Waals surface area contributed by atoms with Gasteiger partial charge in [0.25, 0.3) is 5.91 Å². The molecule has 0 aromatic heterocycles. The van der Waals surface area contributed by atoms with Crippen LogP contribution in [0, 0.1) is 11.7 Å². The van der Waals surface area contributed by atoms with E-state index in [1.54, 1.807) is 0 Å². The van der Waals surface area contributed by atoms with Gasteiger partial charge >= 0.3 is 5.97 Å². The Morgan fingerprint density at radius 3 is 2.69 bits per heavy atom. The average Bonchev–Trinajstić information content (AvgIpc) is 2.60. The Balaban J connectivity index is 1.75. The fourth-order valence-corrected chi connectivity index (χ4v) is 3.85. The molecule has 0 radical (unpaired) electrons. The van der Waals surface area contributed by atoms with Gasteiger partial charge in [-0.3, -0.25) is 9.59 Å². The lowest BCUT2D eigenvalue weighted by Crippen LogP contribution is -2.43. The molecule has 0 bridgehead atoms. The maximum atomic E-state index is 13.1. The highest BCUT2D eigenvalue weighted by molar-refractivity contribution is 7.89. The number of halogens is 1. The molecular weight excluding hydrogens is 363 g/mol. The van der Waals surface area contributed by atoms with E-state index >= 15 is 0 Å². The second-order valence-corrected chi connectivity index (χ2v) is 8.15. The molecule has 1 fully saturated rings. The molecule has 2 N–H and O–H groups in total. The summed E-state index contributed by atoms with van der Waals surface area (Å²) in [5, 5.41) is 2.83. The zero-order valence-corrected chi connectivity index (χ0v) is 15.4. The van der Waals surface area contributed by atoms with E-state index in [9.17, 15) is 22.4 Å². The summed E-state index contributed by atoms with van der Waals surface area (Å²) < 4.78 is 43.8. The van der Waals surface area contributed by atoms with Gasteiger partial charge in [0, 0.05) is 6.04 Å². The molecule has 0 saturated heterocycles. The van der Waals surface area contributed by atoms with E-state index in [0.717, 1.165) is 37.8 Å². The second-order valence-electron chi connectivity index (χ2n) is 6.38. The fraction of sp³-hybridized carbons (Fsp3) is 0.529. The minimum Gasteiger partial charge on any atom is -0.455 e. The van der Waals surface area contributed by atoms with E-state index in [1.165, 1.54) is 12.1 Å². The van der Waals surface area contributed by atoms with Crippen molar-refractivity contribution in [2.24, 2.45) is 5.92 Å². The third kappa shape index (κ3) is 6.06. The quantitative estimate of drug-likeness (QED) is 0.689. The minimum absolute atomic E-state index is 0.0708. The van der Waals surface area contributed by atoms with Gasteiger partial charge in [-0.05, 0) is 37.0 Å². The first-order valence-corrected chi connectivity index (χ1v) is 9.96. The lowest BCUT2D eigenvalue weighted by molar-refractivity contribution is -0.147. The third-order valence-electron chi connectivity index (χ3n) is 4.34. The molecule has 1 saturated carbocycles. The molecule has 144 valence electrons. The Hall–Kier alpha value is -2.00. The Labute approximate surface area is 152 Å². The number of rotatable bonds is 7. The molecule has 0 heterocycles. The van der Waals surface area contributed by atoms with Crippen LogP contribution in [0.25, 0.3) is 0 Å². The highest BCUT2D eigenvalue weighted by Crippen LogP contribution is 2.23. The summed E-state index contributed by atoms with van der Waals surface area (Å²) in [6.45, 7) is 0.951. The number of carbonyl (C=O) groups excluding carboxylic acids is 2. The van der Waals surface area contributed by atoms with Crippen LogP contribution in [-0.4, -0.2) is 39.5 Å². The van der Waals surface area contributed by atoms with Crippen LogP contribution in [0.15, 0.2) is 29.2 Å². The fourth-order valence-electron chi connectivity index (χ4n) is 2.85. The molecular formula is C17H23FN2O5S. The molecule has 1 aliphatic rings. The van der Waals surface area contributed by atoms with E-state index in [0.29, 0.717) is 5.92 Å². The summed E-state index contributed by atoms with van der Waals surface area (Å²) in [6, 6.07) is 4.47. The van der Waals surface area contributed by atoms with E-state index < -0.39 is 40.9 Å². The number of benzene rings is 1. The SMILES string of the molecule is C[C@H]1CCCC[C@@H]1NC(=O)COC(=O)CNS(=O)(=O)c1cccc(F)c1. The third-order valence-corrected chi connectivity index (χ3v) is 5.73. The molecule has 0 unspecified atom stereocenters. The van der Waals surface area contributed by atoms with Gasteiger partial charge in [-0.1, -0.05) is 25.8 Å². The molecule has 9 heteroatoms. The number of esters is 1. The summed E-state index contributed by atoms with van der Waals surface area (Å²) in [7, 11) is -4.04. The zero-order valence-electron chi connectivity index (χ0n) is 14.5. The number of sulfonamides is 1. The molecule has 2 rings (SSSR count). The van der Waals surface area contributed by atoms with Crippen molar-refractivity contribution in [3.63, 3.8) is 0 Å². The average molecular weight is 386 g/mol. The Kier molecular flexibility index (Phi) is 7.10. The van der Waals surface area contributed by atoms with Crippen LogP contribution in [0.3, 0.4) is 0 Å². The summed E-state index contributed by atoms with van der Waals surface area (Å²) in [6.07, 6.45) is 4.14. The van der Waals surface area contributed by atoms with Crippen molar-refractivity contribution in [1.29, 1.82) is 0 Å². The van der Waals surface area contributed by atoms with Crippen molar-refractivity contribution in [1.82, 2.24) is 10.0 Å². The normalized spacial score (nSPS) is 20.4. The van der Waals surface area contributed by atoms with Crippen LogP contribution in [0.1, 0.15) is 32.6 Å². The van der Waals surface area contributed by atoms with Gasteiger partial charge in [0.05, 0.1) is 4.90 Å². The largest absolute Gasteiger partial charge is 0.455 e. The summed E-state index contributed by atoms with van der Waals surface area (Å²) >= 11 is 0. The maximum Gasteiger partial charge on any atom is 0.321 e. The first-order chi connectivity index (χ1) is 12.3. The van der Waals surface area contributed by atoms with Crippen LogP contribution in [-0.2, 0) is 24.3 Å². The number of nitrogens with one attached hydrogen (secondary N) is 2. The van der Waals surface area contributed by atoms with Gasteiger partial charge in [0.15, 0.2) is 6.61 Å². The highest BCUT2D eigenvalue weighted by atomic mass is 32.2. The number of ether oxygens (including phenoxy) is 1. The molecule has 1 aromatic rings. The molecule has 1 aromatic carbocycles. The Morgan fingerprint density at radius 1 is 1.27 bits per heavy atom. The Bertz CT molecular complexity index is 753. The maximum absolute atomic E-state index is 13.1. The van der Waals surface area contributed by atoms with Crippen molar-refractivity contribution in [3.05, 3.63) is 30.1 Å². The predicted molar refractivity (Wildman–Crippen MR) is 92.1 cm³/mol. The monoisotopic (exact) mass is 386 g/mol. The molecule has 2 atom stereocenters. The smallest absolute Gasteiger partial charge is 0.321 e. The molecule has 26 heavy (non-hydrogen) atoms. The van der Waals surface area contributed by atoms with Gasteiger partial charge < -0.3 is 10.1 Å². The summed E-state index contributed by atoms with van der Waals surface area (Å²) in [4.78, 5) is 23.2. The molecule has 0 aliphatic heterocycles. The van der Waals surface area contributed by atoms with Crippen molar-refractivity contribution < 1.29 is 27.1 Å².